The molecule has 108 valence electrons. The Morgan fingerprint density at radius 2 is 2.00 bits per heavy atom. The topological polar surface area (TPSA) is 50.9 Å². The van der Waals surface area contributed by atoms with Crippen molar-refractivity contribution in [3.05, 3.63) is 47.8 Å². The Morgan fingerprint density at radius 3 is 2.60 bits per heavy atom. The van der Waals surface area contributed by atoms with Crippen LogP contribution >= 0.6 is 0 Å². The van der Waals surface area contributed by atoms with E-state index in [-0.39, 0.29) is 0 Å². The predicted octanol–water partition coefficient (Wildman–Crippen LogP) is 3.05. The molecule has 1 N–H and O–H groups in total. The Hall–Kier alpha value is -1.75. The van der Waals surface area contributed by atoms with Crippen molar-refractivity contribution in [3.8, 4) is 0 Å². The average molecular weight is 277 g/mol. The van der Waals surface area contributed by atoms with E-state index in [1.807, 2.05) is 16.9 Å². The fraction of sp³-hybridized carbons (Fsp3) is 0.467. The van der Waals surface area contributed by atoms with Crippen molar-refractivity contribution in [3.63, 3.8) is 0 Å². The highest BCUT2D eigenvalue weighted by Crippen LogP contribution is 2.18. The summed E-state index contributed by atoms with van der Waals surface area (Å²) in [5.74, 6) is -0.404. The zero-order chi connectivity index (χ0) is 14.5. The van der Waals surface area contributed by atoms with Gasteiger partial charge >= 0.3 is 0 Å². The van der Waals surface area contributed by atoms with E-state index in [4.69, 9.17) is 0 Å². The monoisotopic (exact) mass is 277 g/mol. The van der Waals surface area contributed by atoms with Crippen LogP contribution in [-0.2, 0) is 6.42 Å². The fourth-order valence-corrected chi connectivity index (χ4v) is 2.24. The van der Waals surface area contributed by atoms with E-state index in [2.05, 4.69) is 23.9 Å². The van der Waals surface area contributed by atoms with Gasteiger partial charge in [-0.05, 0) is 31.0 Å². The van der Waals surface area contributed by atoms with Crippen LogP contribution in [0.25, 0.3) is 0 Å². The quantitative estimate of drug-likeness (QED) is 0.883. The van der Waals surface area contributed by atoms with Gasteiger partial charge in [0.25, 0.3) is 0 Å². The zero-order valence-electron chi connectivity index (χ0n) is 11.8. The van der Waals surface area contributed by atoms with Crippen LogP contribution in [0.15, 0.2) is 30.6 Å². The van der Waals surface area contributed by atoms with Crippen molar-refractivity contribution in [2.24, 2.45) is 0 Å². The number of aromatic nitrogens is 3. The first-order valence-electron chi connectivity index (χ1n) is 6.97. The Morgan fingerprint density at radius 1 is 1.25 bits per heavy atom. The van der Waals surface area contributed by atoms with Crippen molar-refractivity contribution < 1.29 is 9.50 Å². The van der Waals surface area contributed by atoms with E-state index in [0.29, 0.717) is 18.2 Å². The summed E-state index contributed by atoms with van der Waals surface area (Å²) in [7, 11) is 0. The van der Waals surface area contributed by atoms with Gasteiger partial charge in [-0.2, -0.15) is 5.10 Å². The summed E-state index contributed by atoms with van der Waals surface area (Å²) in [4.78, 5) is 3.89. The molecule has 5 heteroatoms. The molecule has 1 atom stereocenters. The van der Waals surface area contributed by atoms with Crippen molar-refractivity contribution in [2.45, 2.75) is 45.3 Å². The molecule has 4 nitrogen and oxygen atoms in total. The van der Waals surface area contributed by atoms with Crippen molar-refractivity contribution in [2.75, 3.05) is 0 Å². The standard InChI is InChI=1S/C15H20FN3O/c1-3-13(4-2)19-8-7-12(18-19)9-15(20)14-6-5-11(16)10-17-14/h5-8,10,13,15,20H,3-4,9H2,1-2H3. The molecule has 2 aromatic heterocycles. The molecule has 2 rings (SSSR count). The lowest BCUT2D eigenvalue weighted by molar-refractivity contribution is 0.171. The molecular weight excluding hydrogens is 257 g/mol. The molecule has 0 fully saturated rings. The molecule has 20 heavy (non-hydrogen) atoms. The molecule has 2 heterocycles. The normalized spacial score (nSPS) is 12.8. The Bertz CT molecular complexity index is 534. The van der Waals surface area contributed by atoms with E-state index in [9.17, 15) is 9.50 Å². The molecule has 2 aromatic rings. The number of hydrogen-bond acceptors (Lipinski definition) is 3. The lowest BCUT2D eigenvalue weighted by Gasteiger charge is -2.13. The van der Waals surface area contributed by atoms with Crippen molar-refractivity contribution in [1.29, 1.82) is 0 Å². The summed E-state index contributed by atoms with van der Waals surface area (Å²) in [6.07, 6.45) is 4.73. The molecule has 0 aliphatic carbocycles. The first-order valence-corrected chi connectivity index (χ1v) is 6.97. The molecule has 0 radical (unpaired) electrons. The zero-order valence-corrected chi connectivity index (χ0v) is 11.8. The number of halogens is 1. The minimum absolute atomic E-state index is 0.381. The van der Waals surface area contributed by atoms with Crippen LogP contribution in [0, 0.1) is 5.82 Å². The molecule has 0 aliphatic heterocycles. The molecule has 0 aromatic carbocycles. The summed E-state index contributed by atoms with van der Waals surface area (Å²) in [5, 5.41) is 14.6. The SMILES string of the molecule is CCC(CC)n1ccc(CC(O)c2ccc(F)cn2)n1. The second-order valence-corrected chi connectivity index (χ2v) is 4.88. The minimum atomic E-state index is -0.763. The lowest BCUT2D eigenvalue weighted by Crippen LogP contribution is -2.09. The number of hydrogen-bond donors (Lipinski definition) is 1. The van der Waals surface area contributed by atoms with Crippen LogP contribution in [0.3, 0.4) is 0 Å². The smallest absolute Gasteiger partial charge is 0.141 e. The summed E-state index contributed by atoms with van der Waals surface area (Å²) < 4.78 is 14.7. The number of pyridine rings is 1. The van der Waals surface area contributed by atoms with E-state index >= 15 is 0 Å². The molecule has 0 amide bonds. The third-order valence-electron chi connectivity index (χ3n) is 3.47. The maximum Gasteiger partial charge on any atom is 0.141 e. The van der Waals surface area contributed by atoms with Gasteiger partial charge in [-0.3, -0.25) is 9.67 Å². The van der Waals surface area contributed by atoms with Crippen LogP contribution in [0.4, 0.5) is 4.39 Å². The molecule has 1 unspecified atom stereocenters. The molecule has 0 spiro atoms. The van der Waals surface area contributed by atoms with Gasteiger partial charge in [0.05, 0.1) is 23.6 Å². The first kappa shape index (κ1) is 14.7. The average Bonchev–Trinajstić information content (AvgIpc) is 2.89. The third-order valence-corrected chi connectivity index (χ3v) is 3.47. The highest BCUT2D eigenvalue weighted by atomic mass is 19.1. The second kappa shape index (κ2) is 6.61. The number of rotatable bonds is 6. The van der Waals surface area contributed by atoms with Crippen LogP contribution in [-0.4, -0.2) is 19.9 Å². The van der Waals surface area contributed by atoms with Crippen molar-refractivity contribution in [1.82, 2.24) is 14.8 Å². The lowest BCUT2D eigenvalue weighted by atomic mass is 10.1. The summed E-state index contributed by atoms with van der Waals surface area (Å²) in [6.45, 7) is 4.26. The van der Waals surface area contributed by atoms with Gasteiger partial charge in [0.1, 0.15) is 11.9 Å². The summed E-state index contributed by atoms with van der Waals surface area (Å²) >= 11 is 0. The van der Waals surface area contributed by atoms with Gasteiger partial charge in [-0.1, -0.05) is 13.8 Å². The van der Waals surface area contributed by atoms with Gasteiger partial charge in [-0.25, -0.2) is 4.39 Å². The van der Waals surface area contributed by atoms with Crippen LogP contribution in [0.5, 0.6) is 0 Å². The second-order valence-electron chi connectivity index (χ2n) is 4.88. The number of aliphatic hydroxyl groups excluding tert-OH is 1. The fourth-order valence-electron chi connectivity index (χ4n) is 2.24. The highest BCUT2D eigenvalue weighted by Gasteiger charge is 2.14. The molecule has 0 bridgehead atoms. The predicted molar refractivity (Wildman–Crippen MR) is 74.7 cm³/mol. The van der Waals surface area contributed by atoms with Crippen molar-refractivity contribution >= 4 is 0 Å². The first-order chi connectivity index (χ1) is 9.63. The largest absolute Gasteiger partial charge is 0.386 e. The van der Waals surface area contributed by atoms with Gasteiger partial charge in [0, 0.05) is 12.6 Å². The maximum absolute atomic E-state index is 12.8. The number of aliphatic hydroxyl groups is 1. The van der Waals surface area contributed by atoms with E-state index in [1.54, 1.807) is 0 Å². The summed E-state index contributed by atoms with van der Waals surface area (Å²) in [6, 6.07) is 5.10. The maximum atomic E-state index is 12.8. The molecular formula is C15H20FN3O. The van der Waals surface area contributed by atoms with Crippen LogP contribution < -0.4 is 0 Å². The van der Waals surface area contributed by atoms with E-state index in [1.165, 1.54) is 12.1 Å². The number of nitrogens with zero attached hydrogens (tertiary/aromatic N) is 3. The molecule has 0 aliphatic rings. The van der Waals surface area contributed by atoms with Gasteiger partial charge in [-0.15, -0.1) is 0 Å². The molecule has 0 saturated carbocycles. The van der Waals surface area contributed by atoms with Gasteiger partial charge in [0.15, 0.2) is 0 Å². The molecule has 0 saturated heterocycles. The minimum Gasteiger partial charge on any atom is -0.386 e. The Balaban J connectivity index is 2.04. The Kier molecular flexibility index (Phi) is 4.84. The Labute approximate surface area is 118 Å². The van der Waals surface area contributed by atoms with Gasteiger partial charge < -0.3 is 5.11 Å². The van der Waals surface area contributed by atoms with Crippen LogP contribution in [0.2, 0.25) is 0 Å². The summed E-state index contributed by atoms with van der Waals surface area (Å²) in [5.41, 5.74) is 1.28. The van der Waals surface area contributed by atoms with E-state index < -0.39 is 11.9 Å². The third kappa shape index (κ3) is 3.42. The van der Waals surface area contributed by atoms with Crippen LogP contribution in [0.1, 0.15) is 50.2 Å². The highest BCUT2D eigenvalue weighted by molar-refractivity contribution is 5.11. The van der Waals surface area contributed by atoms with E-state index in [0.717, 1.165) is 24.7 Å². The van der Waals surface area contributed by atoms with Gasteiger partial charge in [0.2, 0.25) is 0 Å².